The molecule has 27 heavy (non-hydrogen) atoms. The van der Waals surface area contributed by atoms with Gasteiger partial charge in [0, 0.05) is 30.6 Å². The molecule has 3 heterocycles. The molecule has 0 amide bonds. The average molecular weight is 367 g/mol. The van der Waals surface area contributed by atoms with Crippen LogP contribution in [0.15, 0.2) is 29.1 Å². The highest BCUT2D eigenvalue weighted by Crippen LogP contribution is 2.34. The van der Waals surface area contributed by atoms with E-state index < -0.39 is 0 Å². The molecule has 2 aliphatic heterocycles. The Kier molecular flexibility index (Phi) is 5.04. The van der Waals surface area contributed by atoms with Crippen molar-refractivity contribution in [1.29, 1.82) is 0 Å². The third-order valence-electron chi connectivity index (χ3n) is 5.73. The van der Waals surface area contributed by atoms with Crippen molar-refractivity contribution >= 4 is 0 Å². The van der Waals surface area contributed by atoms with Crippen molar-refractivity contribution < 1.29 is 4.74 Å². The summed E-state index contributed by atoms with van der Waals surface area (Å²) >= 11 is 0. The SMILES string of the molecule is Cc1nc2c(c(=O)[nH]1)CC1CCC(C2)N1Cc1ccc(OCC(C)C)cc1. The maximum Gasteiger partial charge on any atom is 0.254 e. The van der Waals surface area contributed by atoms with Gasteiger partial charge in [0.05, 0.1) is 12.3 Å². The number of fused-ring (bicyclic) bond motifs is 3. The number of nitrogens with one attached hydrogen (secondary N) is 1. The summed E-state index contributed by atoms with van der Waals surface area (Å²) in [7, 11) is 0. The van der Waals surface area contributed by atoms with Crippen LogP contribution in [0.25, 0.3) is 0 Å². The predicted octanol–water partition coefficient (Wildman–Crippen LogP) is 3.24. The second kappa shape index (κ2) is 7.47. The van der Waals surface area contributed by atoms with Crippen molar-refractivity contribution in [3.8, 4) is 5.75 Å². The molecule has 1 aromatic carbocycles. The summed E-state index contributed by atoms with van der Waals surface area (Å²) in [6.45, 7) is 7.84. The van der Waals surface area contributed by atoms with Crippen LogP contribution in [-0.2, 0) is 19.4 Å². The van der Waals surface area contributed by atoms with Crippen LogP contribution >= 0.6 is 0 Å². The Morgan fingerprint density at radius 3 is 2.59 bits per heavy atom. The highest BCUT2D eigenvalue weighted by Gasteiger charge is 2.38. The summed E-state index contributed by atoms with van der Waals surface area (Å²) in [5.74, 6) is 2.18. The van der Waals surface area contributed by atoms with Gasteiger partial charge in [0.15, 0.2) is 0 Å². The molecule has 0 saturated carbocycles. The number of aromatic nitrogens is 2. The predicted molar refractivity (Wildman–Crippen MR) is 106 cm³/mol. The van der Waals surface area contributed by atoms with Gasteiger partial charge < -0.3 is 9.72 Å². The third-order valence-corrected chi connectivity index (χ3v) is 5.73. The van der Waals surface area contributed by atoms with E-state index in [2.05, 4.69) is 53.0 Å². The lowest BCUT2D eigenvalue weighted by atomic mass is 9.98. The molecule has 5 heteroatoms. The first-order valence-corrected chi connectivity index (χ1v) is 10.1. The molecule has 0 aliphatic carbocycles. The minimum absolute atomic E-state index is 0.0525. The summed E-state index contributed by atoms with van der Waals surface area (Å²) in [6.07, 6.45) is 4.04. The van der Waals surface area contributed by atoms with Crippen molar-refractivity contribution in [3.05, 3.63) is 57.3 Å². The maximum atomic E-state index is 12.4. The smallest absolute Gasteiger partial charge is 0.254 e. The van der Waals surface area contributed by atoms with Crippen molar-refractivity contribution in [3.63, 3.8) is 0 Å². The second-order valence-corrected chi connectivity index (χ2v) is 8.39. The fraction of sp³-hybridized carbons (Fsp3) is 0.545. The largest absolute Gasteiger partial charge is 0.493 e. The second-order valence-electron chi connectivity index (χ2n) is 8.39. The molecule has 5 nitrogen and oxygen atoms in total. The van der Waals surface area contributed by atoms with Crippen LogP contribution in [0.5, 0.6) is 5.75 Å². The number of rotatable bonds is 5. The van der Waals surface area contributed by atoms with E-state index in [0.29, 0.717) is 18.0 Å². The summed E-state index contributed by atoms with van der Waals surface area (Å²) < 4.78 is 5.79. The number of H-pyrrole nitrogens is 1. The standard InChI is InChI=1S/C22H29N3O2/c1-14(2)13-27-19-8-4-16(5-9-19)12-25-17-6-7-18(25)11-21-20(10-17)22(26)24-15(3)23-21/h4-5,8-9,14,17-18H,6-7,10-13H2,1-3H3,(H,23,24,26). The molecule has 144 valence electrons. The van der Waals surface area contributed by atoms with E-state index in [9.17, 15) is 4.79 Å². The van der Waals surface area contributed by atoms with Crippen LogP contribution in [-0.4, -0.2) is 33.6 Å². The summed E-state index contributed by atoms with van der Waals surface area (Å²) in [6, 6.07) is 9.38. The molecule has 0 spiro atoms. The van der Waals surface area contributed by atoms with E-state index in [-0.39, 0.29) is 5.56 Å². The Morgan fingerprint density at radius 2 is 1.89 bits per heavy atom. The molecule has 2 aliphatic rings. The van der Waals surface area contributed by atoms with Gasteiger partial charge in [0.2, 0.25) is 0 Å². The number of hydrogen-bond donors (Lipinski definition) is 1. The molecule has 2 unspecified atom stereocenters. The number of aromatic amines is 1. The molecule has 1 aromatic heterocycles. The maximum absolute atomic E-state index is 12.4. The fourth-order valence-electron chi connectivity index (χ4n) is 4.38. The highest BCUT2D eigenvalue weighted by atomic mass is 16.5. The molecule has 2 bridgehead atoms. The topological polar surface area (TPSA) is 58.2 Å². The van der Waals surface area contributed by atoms with Gasteiger partial charge in [-0.05, 0) is 49.8 Å². The minimum atomic E-state index is 0.0525. The van der Waals surface area contributed by atoms with E-state index in [1.54, 1.807) is 0 Å². The van der Waals surface area contributed by atoms with Gasteiger partial charge in [-0.25, -0.2) is 4.98 Å². The van der Waals surface area contributed by atoms with Crippen molar-refractivity contribution in [2.45, 2.75) is 65.1 Å². The molecule has 4 rings (SSSR count). The quantitative estimate of drug-likeness (QED) is 0.881. The Balaban J connectivity index is 1.49. The van der Waals surface area contributed by atoms with Gasteiger partial charge in [0.1, 0.15) is 11.6 Å². The van der Waals surface area contributed by atoms with E-state index in [1.807, 2.05) is 6.92 Å². The highest BCUT2D eigenvalue weighted by molar-refractivity contribution is 5.28. The summed E-state index contributed by atoms with van der Waals surface area (Å²) in [4.78, 5) is 22.5. The normalized spacial score (nSPS) is 21.9. The van der Waals surface area contributed by atoms with Crippen LogP contribution in [0.2, 0.25) is 0 Å². The lowest BCUT2D eigenvalue weighted by molar-refractivity contribution is 0.187. The fourth-order valence-corrected chi connectivity index (χ4v) is 4.38. The number of ether oxygens (including phenoxy) is 1. The van der Waals surface area contributed by atoms with E-state index >= 15 is 0 Å². The van der Waals surface area contributed by atoms with Crippen LogP contribution in [0.1, 0.15) is 49.3 Å². The van der Waals surface area contributed by atoms with Crippen LogP contribution in [0.3, 0.4) is 0 Å². The molecule has 1 N–H and O–H groups in total. The van der Waals surface area contributed by atoms with E-state index in [1.165, 1.54) is 12.0 Å². The molecule has 2 aromatic rings. The van der Waals surface area contributed by atoms with Crippen molar-refractivity contribution in [1.82, 2.24) is 14.9 Å². The average Bonchev–Trinajstić information content (AvgIpc) is 2.90. The van der Waals surface area contributed by atoms with Gasteiger partial charge >= 0.3 is 0 Å². The van der Waals surface area contributed by atoms with Crippen molar-refractivity contribution in [2.75, 3.05) is 6.61 Å². The zero-order valence-electron chi connectivity index (χ0n) is 16.5. The molecule has 0 radical (unpaired) electrons. The van der Waals surface area contributed by atoms with Crippen LogP contribution < -0.4 is 10.3 Å². The van der Waals surface area contributed by atoms with Gasteiger partial charge in [-0.15, -0.1) is 0 Å². The summed E-state index contributed by atoms with van der Waals surface area (Å²) in [5.41, 5.74) is 3.26. The Hall–Kier alpha value is -2.14. The van der Waals surface area contributed by atoms with Gasteiger partial charge in [-0.2, -0.15) is 0 Å². The Morgan fingerprint density at radius 1 is 1.19 bits per heavy atom. The molecule has 1 fully saturated rings. The first-order valence-electron chi connectivity index (χ1n) is 10.1. The summed E-state index contributed by atoms with van der Waals surface area (Å²) in [5, 5.41) is 0. The monoisotopic (exact) mass is 367 g/mol. The zero-order chi connectivity index (χ0) is 19.0. The number of aryl methyl sites for hydroxylation is 1. The Labute approximate surface area is 160 Å². The molecule has 1 saturated heterocycles. The van der Waals surface area contributed by atoms with Crippen LogP contribution in [0, 0.1) is 12.8 Å². The zero-order valence-corrected chi connectivity index (χ0v) is 16.5. The van der Waals surface area contributed by atoms with Gasteiger partial charge in [-0.1, -0.05) is 26.0 Å². The minimum Gasteiger partial charge on any atom is -0.493 e. The van der Waals surface area contributed by atoms with Gasteiger partial charge in [-0.3, -0.25) is 9.69 Å². The lowest BCUT2D eigenvalue weighted by Gasteiger charge is -2.28. The number of hydrogen-bond acceptors (Lipinski definition) is 4. The molecular formula is C22H29N3O2. The van der Waals surface area contributed by atoms with Gasteiger partial charge in [0.25, 0.3) is 5.56 Å². The molecule has 2 atom stereocenters. The van der Waals surface area contributed by atoms with E-state index in [0.717, 1.165) is 55.2 Å². The lowest BCUT2D eigenvalue weighted by Crippen LogP contribution is -2.36. The number of nitrogens with zero attached hydrogens (tertiary/aromatic N) is 2. The third kappa shape index (κ3) is 3.93. The first kappa shape index (κ1) is 18.2. The van der Waals surface area contributed by atoms with E-state index in [4.69, 9.17) is 4.74 Å². The first-order chi connectivity index (χ1) is 13.0. The van der Waals surface area contributed by atoms with Crippen LogP contribution in [0.4, 0.5) is 0 Å². The number of benzene rings is 1. The van der Waals surface area contributed by atoms with Crippen molar-refractivity contribution in [2.24, 2.45) is 5.92 Å². The molecular weight excluding hydrogens is 338 g/mol. The Bertz CT molecular complexity index is 857.